The first kappa shape index (κ1) is 31.7. The van der Waals surface area contributed by atoms with Crippen LogP contribution in [0.5, 0.6) is 17.2 Å². The van der Waals surface area contributed by atoms with E-state index < -0.39 is 0 Å². The van der Waals surface area contributed by atoms with Gasteiger partial charge in [0.2, 0.25) is 0 Å². The van der Waals surface area contributed by atoms with Crippen LogP contribution in [0.4, 0.5) is 0 Å². The summed E-state index contributed by atoms with van der Waals surface area (Å²) in [5.41, 5.74) is 9.59. The van der Waals surface area contributed by atoms with Gasteiger partial charge in [0.05, 0.1) is 29.5 Å². The molecule has 1 unspecified atom stereocenters. The van der Waals surface area contributed by atoms with E-state index in [-0.39, 0.29) is 5.41 Å². The minimum absolute atomic E-state index is 0.264. The smallest absolute Gasteiger partial charge is 0.141 e. The van der Waals surface area contributed by atoms with Crippen molar-refractivity contribution in [2.75, 3.05) is 7.11 Å². The molecule has 0 saturated carbocycles. The minimum atomic E-state index is 0.264. The quantitative estimate of drug-likeness (QED) is 0.170. The molecule has 0 N–H and O–H groups in total. The highest BCUT2D eigenvalue weighted by atomic mass is 16.5. The number of ether oxygens (including phenoxy) is 2. The van der Waals surface area contributed by atoms with E-state index in [4.69, 9.17) is 19.6 Å². The Bertz CT molecular complexity index is 2200. The van der Waals surface area contributed by atoms with Gasteiger partial charge in [0.1, 0.15) is 23.1 Å². The second kappa shape index (κ2) is 12.0. The van der Waals surface area contributed by atoms with Gasteiger partial charge in [-0.15, -0.1) is 0 Å². The maximum absolute atomic E-state index is 6.62. The van der Waals surface area contributed by atoms with Gasteiger partial charge in [-0.05, 0) is 93.3 Å². The summed E-state index contributed by atoms with van der Waals surface area (Å²) in [7, 11) is 1.68. The topological polar surface area (TPSA) is 54.1 Å². The molecule has 0 radical (unpaired) electrons. The van der Waals surface area contributed by atoms with Crippen LogP contribution < -0.4 is 9.47 Å². The van der Waals surface area contributed by atoms with Crippen molar-refractivity contribution in [3.8, 4) is 28.8 Å². The van der Waals surface area contributed by atoms with Crippen LogP contribution >= 0.6 is 0 Å². The molecular formula is C42H46N4O2. The number of aromatic nitrogens is 4. The Morgan fingerprint density at radius 3 is 2.33 bits per heavy atom. The van der Waals surface area contributed by atoms with Gasteiger partial charge in [0, 0.05) is 52.3 Å². The fraction of sp³-hybridized carbons (Fsp3) is 0.333. The summed E-state index contributed by atoms with van der Waals surface area (Å²) in [5, 5.41) is 7.42. The van der Waals surface area contributed by atoms with E-state index in [0.717, 1.165) is 61.8 Å². The molecule has 3 aromatic heterocycles. The van der Waals surface area contributed by atoms with Crippen molar-refractivity contribution in [2.45, 2.75) is 67.7 Å². The number of pyridine rings is 1. The van der Waals surface area contributed by atoms with Crippen LogP contribution in [0, 0.1) is 38.0 Å². The van der Waals surface area contributed by atoms with Gasteiger partial charge in [0.15, 0.2) is 0 Å². The lowest BCUT2D eigenvalue weighted by atomic mass is 9.65. The molecule has 7 rings (SSSR count). The fourth-order valence-electron chi connectivity index (χ4n) is 7.90. The summed E-state index contributed by atoms with van der Waals surface area (Å²) >= 11 is 0. The second-order valence-corrected chi connectivity index (χ2v) is 14.8. The summed E-state index contributed by atoms with van der Waals surface area (Å²) in [4.78, 5) is 4.70. The van der Waals surface area contributed by atoms with Crippen molar-refractivity contribution in [1.29, 1.82) is 0 Å². The highest BCUT2D eigenvalue weighted by Crippen LogP contribution is 2.47. The van der Waals surface area contributed by atoms with Crippen LogP contribution in [0.25, 0.3) is 33.3 Å². The number of fused-ring (bicyclic) bond motifs is 3. The van der Waals surface area contributed by atoms with Gasteiger partial charge in [-0.2, -0.15) is 5.10 Å². The van der Waals surface area contributed by atoms with Crippen molar-refractivity contribution >= 4 is 21.8 Å². The summed E-state index contributed by atoms with van der Waals surface area (Å²) in [5.74, 6) is 4.58. The Labute approximate surface area is 284 Å². The van der Waals surface area contributed by atoms with Crippen LogP contribution in [0.3, 0.4) is 0 Å². The highest BCUT2D eigenvalue weighted by molar-refractivity contribution is 6.09. The molecule has 0 amide bonds. The average Bonchev–Trinajstić information content (AvgIpc) is 3.53. The molecule has 1 aliphatic carbocycles. The molecule has 1 aliphatic rings. The molecule has 0 fully saturated rings. The third-order valence-corrected chi connectivity index (χ3v) is 10.3. The van der Waals surface area contributed by atoms with E-state index in [1.807, 2.05) is 18.2 Å². The molecule has 3 aromatic carbocycles. The number of nitrogens with zero attached hydrogens (tertiary/aromatic N) is 4. The molecular weight excluding hydrogens is 592 g/mol. The van der Waals surface area contributed by atoms with Crippen molar-refractivity contribution in [3.63, 3.8) is 0 Å². The van der Waals surface area contributed by atoms with Crippen LogP contribution in [-0.4, -0.2) is 26.4 Å². The van der Waals surface area contributed by atoms with E-state index in [1.54, 1.807) is 13.3 Å². The van der Waals surface area contributed by atoms with Crippen molar-refractivity contribution in [1.82, 2.24) is 19.3 Å². The summed E-state index contributed by atoms with van der Waals surface area (Å²) in [6.45, 7) is 18.3. The first-order chi connectivity index (χ1) is 22.9. The zero-order valence-corrected chi connectivity index (χ0v) is 29.6. The minimum Gasteiger partial charge on any atom is -0.497 e. The lowest BCUT2D eigenvalue weighted by molar-refractivity contribution is 0.224. The Balaban J connectivity index is 1.26. The van der Waals surface area contributed by atoms with Crippen LogP contribution in [0.1, 0.15) is 69.5 Å². The molecule has 48 heavy (non-hydrogen) atoms. The summed E-state index contributed by atoms with van der Waals surface area (Å²) in [6, 6.07) is 24.9. The third kappa shape index (κ3) is 5.57. The van der Waals surface area contributed by atoms with E-state index in [0.29, 0.717) is 17.8 Å². The van der Waals surface area contributed by atoms with E-state index >= 15 is 0 Å². The Morgan fingerprint density at radius 2 is 1.58 bits per heavy atom. The number of para-hydroxylation sites is 1. The van der Waals surface area contributed by atoms with Gasteiger partial charge in [-0.25, -0.2) is 9.67 Å². The number of rotatable bonds is 6. The molecule has 0 bridgehead atoms. The van der Waals surface area contributed by atoms with Crippen LogP contribution in [0.15, 0.2) is 90.6 Å². The second-order valence-electron chi connectivity index (χ2n) is 14.8. The zero-order valence-electron chi connectivity index (χ0n) is 29.6. The molecule has 0 aliphatic heterocycles. The summed E-state index contributed by atoms with van der Waals surface area (Å²) in [6.07, 6.45) is 5.50. The summed E-state index contributed by atoms with van der Waals surface area (Å²) < 4.78 is 16.4. The monoisotopic (exact) mass is 638 g/mol. The molecule has 6 heteroatoms. The van der Waals surface area contributed by atoms with Gasteiger partial charge < -0.3 is 9.47 Å². The van der Waals surface area contributed by atoms with Gasteiger partial charge in [0.25, 0.3) is 0 Å². The molecule has 6 aromatic rings. The van der Waals surface area contributed by atoms with E-state index in [9.17, 15) is 0 Å². The SMILES string of the molecule is COc1ccnc(-n2c3ccccc3c3ccc(Oc4cc(C)cc(-n5nc(C)c(C6C(C)=C[C@H](C(C)(C)C)C[C@@H]6C)c5C)c4)cc32)c1. The number of allylic oxidation sites excluding steroid dienone is 2. The van der Waals surface area contributed by atoms with E-state index in [1.165, 1.54) is 23.3 Å². The van der Waals surface area contributed by atoms with Crippen molar-refractivity contribution in [3.05, 3.63) is 113 Å². The predicted octanol–water partition coefficient (Wildman–Crippen LogP) is 10.8. The number of hydrogen-bond donors (Lipinski definition) is 0. The van der Waals surface area contributed by atoms with Crippen LogP contribution in [-0.2, 0) is 0 Å². The maximum atomic E-state index is 6.62. The molecule has 6 nitrogen and oxygen atoms in total. The standard InChI is InChI=1S/C42H46N4O2/c1-25-18-31(46-29(5)41(28(4)44-46)40-26(2)20-30(21-27(40)3)42(6,7)8)22-34(19-25)48-33-14-15-36-35-12-10-11-13-37(35)45(38(36)23-33)39-24-32(47-9)16-17-43-39/h10-20,22-24,27,30,40H,21H2,1-9H3/t27-,30-,40?/m0/s1. The Hall–Kier alpha value is -4.84. The van der Waals surface area contributed by atoms with Gasteiger partial charge in [-0.3, -0.25) is 4.57 Å². The van der Waals surface area contributed by atoms with E-state index in [2.05, 4.69) is 125 Å². The Kier molecular flexibility index (Phi) is 7.93. The number of methoxy groups -OCH3 is 1. The number of benzene rings is 3. The number of aryl methyl sites for hydroxylation is 2. The fourth-order valence-corrected chi connectivity index (χ4v) is 7.90. The molecule has 0 spiro atoms. The maximum Gasteiger partial charge on any atom is 0.141 e. The number of hydrogen-bond acceptors (Lipinski definition) is 4. The van der Waals surface area contributed by atoms with Crippen molar-refractivity contribution in [2.24, 2.45) is 17.3 Å². The van der Waals surface area contributed by atoms with Gasteiger partial charge in [-0.1, -0.05) is 57.5 Å². The zero-order chi connectivity index (χ0) is 33.9. The van der Waals surface area contributed by atoms with Gasteiger partial charge >= 0.3 is 0 Å². The largest absolute Gasteiger partial charge is 0.497 e. The lowest BCUT2D eigenvalue weighted by Crippen LogP contribution is -2.28. The molecule has 0 saturated heterocycles. The molecule has 3 heterocycles. The third-order valence-electron chi connectivity index (χ3n) is 10.3. The normalized spacial score (nSPS) is 18.4. The van der Waals surface area contributed by atoms with Crippen LogP contribution in [0.2, 0.25) is 0 Å². The molecule has 3 atom stereocenters. The Morgan fingerprint density at radius 1 is 0.812 bits per heavy atom. The first-order valence-corrected chi connectivity index (χ1v) is 17.0. The average molecular weight is 639 g/mol. The first-order valence-electron chi connectivity index (χ1n) is 17.0. The molecule has 246 valence electrons. The highest BCUT2D eigenvalue weighted by Gasteiger charge is 2.36. The lowest BCUT2D eigenvalue weighted by Gasteiger charge is -2.39. The van der Waals surface area contributed by atoms with Crippen molar-refractivity contribution < 1.29 is 9.47 Å². The predicted molar refractivity (Wildman–Crippen MR) is 196 cm³/mol.